The Balaban J connectivity index is 1.60. The van der Waals surface area contributed by atoms with Gasteiger partial charge in [-0.2, -0.15) is 0 Å². The molecule has 8 heteroatoms. The van der Waals surface area contributed by atoms with Gasteiger partial charge in [-0.25, -0.2) is 4.98 Å². The Morgan fingerprint density at radius 2 is 2.04 bits per heavy atom. The van der Waals surface area contributed by atoms with E-state index in [9.17, 15) is 14.4 Å². The summed E-state index contributed by atoms with van der Waals surface area (Å²) in [7, 11) is 0. The maximum absolute atomic E-state index is 12.9. The molecule has 28 heavy (non-hydrogen) atoms. The lowest BCUT2D eigenvalue weighted by Crippen LogP contribution is -2.32. The number of hydrogen-bond acceptors (Lipinski definition) is 5. The summed E-state index contributed by atoms with van der Waals surface area (Å²) in [5.74, 6) is 0.425. The number of carbonyl (C=O) groups excluding carboxylic acids is 2. The number of amides is 2. The molecule has 4 rings (SSSR count). The van der Waals surface area contributed by atoms with Gasteiger partial charge in [0.15, 0.2) is 6.61 Å². The van der Waals surface area contributed by atoms with Crippen LogP contribution in [0.1, 0.15) is 23.1 Å². The minimum absolute atomic E-state index is 0.0790. The summed E-state index contributed by atoms with van der Waals surface area (Å²) in [5, 5.41) is 3.20. The molecule has 0 saturated carbocycles. The highest BCUT2D eigenvalue weighted by Gasteiger charge is 2.21. The number of fused-ring (bicyclic) bond motifs is 2. The highest BCUT2D eigenvalue weighted by Crippen LogP contribution is 2.29. The number of anilines is 1. The van der Waals surface area contributed by atoms with Crippen LogP contribution in [0.3, 0.4) is 0 Å². The van der Waals surface area contributed by atoms with Crippen molar-refractivity contribution in [3.63, 3.8) is 0 Å². The summed E-state index contributed by atoms with van der Waals surface area (Å²) in [6, 6.07) is 11.9. The van der Waals surface area contributed by atoms with Gasteiger partial charge < -0.3 is 19.9 Å². The van der Waals surface area contributed by atoms with Crippen LogP contribution in [-0.2, 0) is 11.3 Å². The fourth-order valence-electron chi connectivity index (χ4n) is 3.11. The molecule has 0 bridgehead atoms. The molecule has 8 nitrogen and oxygen atoms in total. The topological polar surface area (TPSA) is 104 Å². The predicted molar refractivity (Wildman–Crippen MR) is 103 cm³/mol. The van der Waals surface area contributed by atoms with Crippen LogP contribution < -0.4 is 15.6 Å². The standard InChI is InChI=1S/C20H18N4O4/c1-2-24(10-17-21-14-6-4-3-5-13(14)19(26)23-17)20(27)12-7-8-15-16(9-12)28-11-18(25)22-15/h3-9H,2,10-11H2,1H3,(H,22,25)(H,21,23,26). The molecule has 2 aromatic carbocycles. The predicted octanol–water partition coefficient (Wildman–Crippen LogP) is 1.92. The molecule has 0 aliphatic carbocycles. The minimum Gasteiger partial charge on any atom is -0.482 e. The number of nitrogens with zero attached hydrogens (tertiary/aromatic N) is 2. The Hall–Kier alpha value is -3.68. The summed E-state index contributed by atoms with van der Waals surface area (Å²) in [6.45, 7) is 2.38. The SMILES string of the molecule is CCN(Cc1nc2ccccc2c(=O)[nH]1)C(=O)c1ccc2c(c1)OCC(=O)N2. The number of rotatable bonds is 4. The maximum Gasteiger partial charge on any atom is 0.262 e. The van der Waals surface area contributed by atoms with E-state index in [-0.39, 0.29) is 30.5 Å². The van der Waals surface area contributed by atoms with Crippen LogP contribution in [-0.4, -0.2) is 39.8 Å². The first-order valence-corrected chi connectivity index (χ1v) is 8.89. The van der Waals surface area contributed by atoms with Crippen molar-refractivity contribution in [2.24, 2.45) is 0 Å². The molecule has 0 unspecified atom stereocenters. The van der Waals surface area contributed by atoms with Crippen molar-refractivity contribution in [1.29, 1.82) is 0 Å². The van der Waals surface area contributed by atoms with E-state index in [1.807, 2.05) is 13.0 Å². The van der Waals surface area contributed by atoms with Crippen LogP contribution >= 0.6 is 0 Å². The molecular weight excluding hydrogens is 360 g/mol. The molecule has 2 heterocycles. The Morgan fingerprint density at radius 3 is 2.86 bits per heavy atom. The fourth-order valence-corrected chi connectivity index (χ4v) is 3.11. The van der Waals surface area contributed by atoms with Gasteiger partial charge >= 0.3 is 0 Å². The van der Waals surface area contributed by atoms with Gasteiger partial charge in [-0.05, 0) is 37.3 Å². The summed E-state index contributed by atoms with van der Waals surface area (Å²) in [5.41, 5.74) is 1.32. The monoisotopic (exact) mass is 378 g/mol. The van der Waals surface area contributed by atoms with E-state index in [1.165, 1.54) is 0 Å². The van der Waals surface area contributed by atoms with E-state index < -0.39 is 0 Å². The largest absolute Gasteiger partial charge is 0.482 e. The molecule has 1 aromatic heterocycles. The molecule has 0 atom stereocenters. The first-order valence-electron chi connectivity index (χ1n) is 8.89. The Labute approximate surface area is 160 Å². The van der Waals surface area contributed by atoms with Crippen LogP contribution in [0.4, 0.5) is 5.69 Å². The van der Waals surface area contributed by atoms with Crippen molar-refractivity contribution in [2.45, 2.75) is 13.5 Å². The van der Waals surface area contributed by atoms with Crippen LogP contribution in [0.15, 0.2) is 47.3 Å². The Kier molecular flexibility index (Phi) is 4.52. The van der Waals surface area contributed by atoms with Gasteiger partial charge in [-0.1, -0.05) is 12.1 Å². The summed E-state index contributed by atoms with van der Waals surface area (Å²) in [6.07, 6.45) is 0. The van der Waals surface area contributed by atoms with Gasteiger partial charge in [0.25, 0.3) is 17.4 Å². The summed E-state index contributed by atoms with van der Waals surface area (Å²) in [4.78, 5) is 45.3. The first-order chi connectivity index (χ1) is 13.5. The number of aromatic nitrogens is 2. The number of benzene rings is 2. The zero-order valence-corrected chi connectivity index (χ0v) is 15.2. The minimum atomic E-state index is -0.234. The molecule has 1 aliphatic heterocycles. The molecule has 0 radical (unpaired) electrons. The summed E-state index contributed by atoms with van der Waals surface area (Å²) < 4.78 is 5.38. The van der Waals surface area contributed by atoms with Gasteiger partial charge in [0, 0.05) is 12.1 Å². The average molecular weight is 378 g/mol. The molecule has 0 spiro atoms. The molecule has 0 saturated heterocycles. The van der Waals surface area contributed by atoms with E-state index in [1.54, 1.807) is 41.3 Å². The molecule has 1 aliphatic rings. The van der Waals surface area contributed by atoms with Crippen LogP contribution in [0.5, 0.6) is 5.75 Å². The Bertz CT molecular complexity index is 1140. The quantitative estimate of drug-likeness (QED) is 0.722. The van der Waals surface area contributed by atoms with E-state index >= 15 is 0 Å². The summed E-state index contributed by atoms with van der Waals surface area (Å²) >= 11 is 0. The average Bonchev–Trinajstić information content (AvgIpc) is 2.71. The third-order valence-corrected chi connectivity index (χ3v) is 4.53. The van der Waals surface area contributed by atoms with Gasteiger partial charge in [0.1, 0.15) is 11.6 Å². The second kappa shape index (κ2) is 7.15. The fraction of sp³-hybridized carbons (Fsp3) is 0.200. The van der Waals surface area contributed by atoms with Crippen LogP contribution in [0.25, 0.3) is 10.9 Å². The van der Waals surface area contributed by atoms with Crippen molar-refractivity contribution in [3.8, 4) is 5.75 Å². The number of carbonyl (C=O) groups is 2. The van der Waals surface area contributed by atoms with Crippen molar-refractivity contribution >= 4 is 28.4 Å². The number of H-pyrrole nitrogens is 1. The molecule has 3 aromatic rings. The first kappa shape index (κ1) is 17.7. The molecule has 2 amide bonds. The van der Waals surface area contributed by atoms with E-state index in [4.69, 9.17) is 4.74 Å². The Morgan fingerprint density at radius 1 is 1.21 bits per heavy atom. The third-order valence-electron chi connectivity index (χ3n) is 4.53. The van der Waals surface area contributed by atoms with Crippen molar-refractivity contribution in [1.82, 2.24) is 14.9 Å². The third kappa shape index (κ3) is 3.32. The van der Waals surface area contributed by atoms with Crippen molar-refractivity contribution < 1.29 is 14.3 Å². The van der Waals surface area contributed by atoms with Crippen molar-refractivity contribution in [2.75, 3.05) is 18.5 Å². The number of ether oxygens (including phenoxy) is 1. The molecule has 142 valence electrons. The van der Waals surface area contributed by atoms with Crippen LogP contribution in [0, 0.1) is 0 Å². The zero-order chi connectivity index (χ0) is 19.7. The lowest BCUT2D eigenvalue weighted by Gasteiger charge is -2.22. The number of aromatic amines is 1. The lowest BCUT2D eigenvalue weighted by atomic mass is 10.1. The maximum atomic E-state index is 12.9. The van der Waals surface area contributed by atoms with E-state index in [2.05, 4.69) is 15.3 Å². The smallest absolute Gasteiger partial charge is 0.262 e. The normalized spacial score (nSPS) is 12.8. The number of hydrogen-bond donors (Lipinski definition) is 2. The zero-order valence-electron chi connectivity index (χ0n) is 15.2. The van der Waals surface area contributed by atoms with Crippen molar-refractivity contribution in [3.05, 3.63) is 64.2 Å². The second-order valence-corrected chi connectivity index (χ2v) is 6.40. The molecule has 2 N–H and O–H groups in total. The highest BCUT2D eigenvalue weighted by atomic mass is 16.5. The number of para-hydroxylation sites is 1. The number of nitrogens with one attached hydrogen (secondary N) is 2. The second-order valence-electron chi connectivity index (χ2n) is 6.40. The van der Waals surface area contributed by atoms with Crippen LogP contribution in [0.2, 0.25) is 0 Å². The van der Waals surface area contributed by atoms with Gasteiger partial charge in [0.2, 0.25) is 0 Å². The molecular formula is C20H18N4O4. The highest BCUT2D eigenvalue weighted by molar-refractivity contribution is 5.99. The van der Waals surface area contributed by atoms with Gasteiger partial charge in [-0.15, -0.1) is 0 Å². The lowest BCUT2D eigenvalue weighted by molar-refractivity contribution is -0.118. The molecule has 0 fully saturated rings. The van der Waals surface area contributed by atoms with E-state index in [0.717, 1.165) is 0 Å². The van der Waals surface area contributed by atoms with Gasteiger partial charge in [0.05, 0.1) is 23.1 Å². The van der Waals surface area contributed by atoms with Gasteiger partial charge in [-0.3, -0.25) is 14.4 Å². The van der Waals surface area contributed by atoms with E-state index in [0.29, 0.717) is 40.3 Å².